The van der Waals surface area contributed by atoms with Crippen molar-refractivity contribution in [1.29, 1.82) is 0 Å². The molecule has 0 aliphatic carbocycles. The number of hydrogen-bond donors (Lipinski definition) is 7. The lowest BCUT2D eigenvalue weighted by molar-refractivity contribution is -0.137. The number of nitrogens with one attached hydrogen (secondary N) is 1. The van der Waals surface area contributed by atoms with Crippen molar-refractivity contribution in [2.24, 2.45) is 0 Å². The highest BCUT2D eigenvalue weighted by Crippen LogP contribution is 2.29. The number of hydrogen-bond acceptors (Lipinski definition) is 7. The molecule has 0 radical (unpaired) electrons. The molecule has 0 aliphatic heterocycles. The second-order valence-electron chi connectivity index (χ2n) is 5.80. The molecule has 2 aromatic carbocycles. The number of carboxylic acid groups (broad SMARTS) is 1. The van der Waals surface area contributed by atoms with Crippen molar-refractivity contribution in [2.75, 3.05) is 11.9 Å². The second kappa shape index (κ2) is 12.3. The molecule has 0 unspecified atom stereocenters. The molecule has 0 aromatic heterocycles. The number of halogens is 3. The van der Waals surface area contributed by atoms with E-state index in [0.29, 0.717) is 18.7 Å². The van der Waals surface area contributed by atoms with Gasteiger partial charge < -0.3 is 15.5 Å². The van der Waals surface area contributed by atoms with Gasteiger partial charge in [-0.3, -0.25) is 18.2 Å². The molecule has 7 N–H and O–H groups in total. The van der Waals surface area contributed by atoms with E-state index in [1.54, 1.807) is 0 Å². The molecule has 186 valence electrons. The van der Waals surface area contributed by atoms with E-state index in [2.05, 4.69) is 5.32 Å². The molecule has 0 spiro atoms. The van der Waals surface area contributed by atoms with Crippen LogP contribution in [0, 0.1) is 0 Å². The van der Waals surface area contributed by atoms with Crippen LogP contribution in [0.3, 0.4) is 0 Å². The first kappa shape index (κ1) is 30.0. The van der Waals surface area contributed by atoms with Crippen LogP contribution in [-0.4, -0.2) is 57.8 Å². The number of aromatic hydroxyl groups is 1. The van der Waals surface area contributed by atoms with Gasteiger partial charge in [0.15, 0.2) is 0 Å². The molecule has 17 heteroatoms. The zero-order valence-electron chi connectivity index (χ0n) is 16.1. The zero-order valence-corrected chi connectivity index (χ0v) is 17.8. The molecule has 0 saturated carbocycles. The number of carboxylic acids is 1. The van der Waals surface area contributed by atoms with Gasteiger partial charge >= 0.3 is 32.9 Å². The summed E-state index contributed by atoms with van der Waals surface area (Å²) < 4.78 is 101. The highest BCUT2D eigenvalue weighted by atomic mass is 32.3. The van der Waals surface area contributed by atoms with Crippen LogP contribution in [0.25, 0.3) is 0 Å². The maximum absolute atomic E-state index is 12.4. The third-order valence-corrected chi connectivity index (χ3v) is 3.25. The van der Waals surface area contributed by atoms with E-state index >= 15 is 0 Å². The van der Waals surface area contributed by atoms with Gasteiger partial charge in [0.1, 0.15) is 11.3 Å². The van der Waals surface area contributed by atoms with Crippen LogP contribution in [0.5, 0.6) is 5.75 Å². The fourth-order valence-electron chi connectivity index (χ4n) is 2.03. The van der Waals surface area contributed by atoms with Crippen molar-refractivity contribution < 1.29 is 63.2 Å². The Morgan fingerprint density at radius 3 is 1.73 bits per heavy atom. The number of carbonyl (C=O) groups is 1. The molecule has 0 atom stereocenters. The SMILES string of the molecule is O=C(O)c1cc(NCCc2ccc(C(F)(F)F)cc2)ccc1O.O=S(=O)(O)O.O=S(=O)(O)O. The van der Waals surface area contributed by atoms with E-state index < -0.39 is 38.5 Å². The predicted octanol–water partition coefficient (Wildman–Crippen LogP) is 2.46. The van der Waals surface area contributed by atoms with Crippen LogP contribution in [0.4, 0.5) is 18.9 Å². The summed E-state index contributed by atoms with van der Waals surface area (Å²) in [6.07, 6.45) is -3.88. The minimum Gasteiger partial charge on any atom is -0.507 e. The molecular formula is C16H18F3NO11S2. The van der Waals surface area contributed by atoms with Gasteiger partial charge in [-0.25, -0.2) is 4.79 Å². The molecule has 2 rings (SSSR count). The summed E-state index contributed by atoms with van der Waals surface area (Å²) in [7, 11) is -9.33. The Labute approximate surface area is 185 Å². The third-order valence-electron chi connectivity index (χ3n) is 3.25. The fraction of sp³-hybridized carbons (Fsp3) is 0.188. The number of benzene rings is 2. The molecule has 0 fully saturated rings. The molecule has 0 bridgehead atoms. The van der Waals surface area contributed by atoms with Gasteiger partial charge in [0.2, 0.25) is 0 Å². The molecule has 2 aromatic rings. The second-order valence-corrected chi connectivity index (χ2v) is 7.60. The van der Waals surface area contributed by atoms with E-state index in [0.717, 1.165) is 17.7 Å². The maximum Gasteiger partial charge on any atom is 0.416 e. The number of aromatic carboxylic acids is 1. The maximum atomic E-state index is 12.4. The minimum absolute atomic E-state index is 0.218. The standard InChI is InChI=1S/C16H14F3NO3.2H2O4S/c17-16(18,19)11-3-1-10(2-4-11)7-8-20-12-5-6-14(21)13(9-12)15(22)23;2*1-5(2,3)4/h1-6,9,20-21H,7-8H2,(H,22,23);2*(H2,1,2,3,4). The average Bonchev–Trinajstić information content (AvgIpc) is 2.60. The van der Waals surface area contributed by atoms with Gasteiger partial charge in [0.05, 0.1) is 5.56 Å². The molecule has 12 nitrogen and oxygen atoms in total. The van der Waals surface area contributed by atoms with Crippen LogP contribution >= 0.6 is 0 Å². The van der Waals surface area contributed by atoms with Crippen molar-refractivity contribution in [2.45, 2.75) is 12.6 Å². The van der Waals surface area contributed by atoms with Crippen LogP contribution in [0.1, 0.15) is 21.5 Å². The van der Waals surface area contributed by atoms with Crippen LogP contribution in [0.2, 0.25) is 0 Å². The van der Waals surface area contributed by atoms with Crippen molar-refractivity contribution in [1.82, 2.24) is 0 Å². The molecule has 0 saturated heterocycles. The summed E-state index contributed by atoms with van der Waals surface area (Å²) in [4.78, 5) is 10.9. The number of anilines is 1. The lowest BCUT2D eigenvalue weighted by Crippen LogP contribution is -2.07. The third kappa shape index (κ3) is 16.3. The van der Waals surface area contributed by atoms with E-state index in [4.69, 9.17) is 40.2 Å². The zero-order chi connectivity index (χ0) is 26.0. The highest BCUT2D eigenvalue weighted by molar-refractivity contribution is 7.80. The lowest BCUT2D eigenvalue weighted by atomic mass is 10.1. The Kier molecular flexibility index (Phi) is 11.2. The molecule has 33 heavy (non-hydrogen) atoms. The summed E-state index contributed by atoms with van der Waals surface area (Å²) in [5.74, 6) is -1.57. The summed E-state index contributed by atoms with van der Waals surface area (Å²) in [5.41, 5.74) is 0.318. The number of rotatable bonds is 5. The van der Waals surface area contributed by atoms with Crippen LogP contribution < -0.4 is 5.32 Å². The molecule has 0 heterocycles. The lowest BCUT2D eigenvalue weighted by Gasteiger charge is -2.10. The van der Waals surface area contributed by atoms with Crippen LogP contribution in [0.15, 0.2) is 42.5 Å². The van der Waals surface area contributed by atoms with Crippen molar-refractivity contribution in [3.63, 3.8) is 0 Å². The number of alkyl halides is 3. The Balaban J connectivity index is 0.000000859. The average molecular weight is 521 g/mol. The van der Waals surface area contributed by atoms with Gasteiger partial charge in [-0.15, -0.1) is 0 Å². The van der Waals surface area contributed by atoms with Gasteiger partial charge in [-0.2, -0.15) is 30.0 Å². The smallest absolute Gasteiger partial charge is 0.416 e. The van der Waals surface area contributed by atoms with Crippen molar-refractivity contribution >= 4 is 32.5 Å². The summed E-state index contributed by atoms with van der Waals surface area (Å²) in [6, 6.07) is 8.95. The molecule has 0 aliphatic rings. The van der Waals surface area contributed by atoms with Gasteiger partial charge in [0.25, 0.3) is 0 Å². The fourth-order valence-corrected chi connectivity index (χ4v) is 2.03. The topological polar surface area (TPSA) is 219 Å². The first-order valence-corrected chi connectivity index (χ1v) is 10.9. The highest BCUT2D eigenvalue weighted by Gasteiger charge is 2.29. The first-order valence-electron chi connectivity index (χ1n) is 8.13. The summed E-state index contributed by atoms with van der Waals surface area (Å²) >= 11 is 0. The largest absolute Gasteiger partial charge is 0.507 e. The van der Waals surface area contributed by atoms with Crippen molar-refractivity contribution in [3.8, 4) is 5.75 Å². The van der Waals surface area contributed by atoms with Crippen LogP contribution in [-0.2, 0) is 33.4 Å². The quantitative estimate of drug-likeness (QED) is 0.223. The number of phenols is 1. The van der Waals surface area contributed by atoms with E-state index in [9.17, 15) is 23.1 Å². The minimum atomic E-state index is -4.67. The molecular weight excluding hydrogens is 503 g/mol. The van der Waals surface area contributed by atoms with E-state index in [1.165, 1.54) is 30.3 Å². The normalized spacial score (nSPS) is 11.4. The Hall–Kier alpha value is -2.96. The predicted molar refractivity (Wildman–Crippen MR) is 107 cm³/mol. The van der Waals surface area contributed by atoms with Gasteiger partial charge in [-0.1, -0.05) is 12.1 Å². The monoisotopic (exact) mass is 521 g/mol. The van der Waals surface area contributed by atoms with Crippen molar-refractivity contribution in [3.05, 3.63) is 59.2 Å². The Bertz CT molecular complexity index is 1090. The summed E-state index contributed by atoms with van der Waals surface area (Å²) in [6.45, 7) is 0.412. The summed E-state index contributed by atoms with van der Waals surface area (Å²) in [5, 5.41) is 21.3. The van der Waals surface area contributed by atoms with Gasteiger partial charge in [0, 0.05) is 12.2 Å². The van der Waals surface area contributed by atoms with E-state index in [1.807, 2.05) is 0 Å². The first-order chi connectivity index (χ1) is 14.8. The molecule has 0 amide bonds. The Morgan fingerprint density at radius 1 is 0.879 bits per heavy atom. The van der Waals surface area contributed by atoms with E-state index in [-0.39, 0.29) is 11.3 Å². The van der Waals surface area contributed by atoms with Gasteiger partial charge in [-0.05, 0) is 42.3 Å². The Morgan fingerprint density at radius 2 is 1.33 bits per heavy atom.